The average molecular weight is 573 g/mol. The van der Waals surface area contributed by atoms with Crippen LogP contribution >= 0.6 is 0 Å². The fourth-order valence-corrected chi connectivity index (χ4v) is 7.76. The normalized spacial score (nSPS) is 28.9. The fourth-order valence-electron chi connectivity index (χ4n) is 7.76. The Morgan fingerprint density at radius 3 is 2.57 bits per heavy atom. The number of aliphatic imine (C=N–C) groups is 1. The minimum Gasteiger partial charge on any atom is -0.340 e. The van der Waals surface area contributed by atoms with Crippen molar-refractivity contribution in [3.05, 3.63) is 70.0 Å². The number of benzene rings is 2. The number of fused-ring (bicyclic) bond motifs is 3. The Kier molecular flexibility index (Phi) is 7.62. The Bertz CT molecular complexity index is 1550. The molecule has 7 nitrogen and oxygen atoms in total. The highest BCUT2D eigenvalue weighted by Gasteiger charge is 2.56. The van der Waals surface area contributed by atoms with E-state index in [1.54, 1.807) is 17.0 Å². The number of anilines is 1. The lowest BCUT2D eigenvalue weighted by Gasteiger charge is -2.61. The largest absolute Gasteiger partial charge is 0.340 e. The van der Waals surface area contributed by atoms with E-state index in [1.807, 2.05) is 31.2 Å². The molecule has 4 fully saturated rings. The van der Waals surface area contributed by atoms with E-state index < -0.39 is 0 Å². The minimum atomic E-state index is -0.235. The number of halogens is 1. The van der Waals surface area contributed by atoms with Crippen molar-refractivity contribution in [3.63, 3.8) is 0 Å². The number of aromatic nitrogens is 2. The molecule has 224 valence electrons. The van der Waals surface area contributed by atoms with E-state index in [2.05, 4.69) is 55.1 Å². The zero-order chi connectivity index (χ0) is 29.8. The molecule has 4 aliphatic rings. The van der Waals surface area contributed by atoms with Gasteiger partial charge >= 0.3 is 0 Å². The van der Waals surface area contributed by atoms with Crippen LogP contribution in [0.15, 0.2) is 52.5 Å². The van der Waals surface area contributed by atoms with Crippen LogP contribution in [0.5, 0.6) is 0 Å². The van der Waals surface area contributed by atoms with E-state index in [4.69, 9.17) is 4.99 Å². The van der Waals surface area contributed by atoms with E-state index >= 15 is 0 Å². The van der Waals surface area contributed by atoms with Crippen molar-refractivity contribution < 1.29 is 4.39 Å². The van der Waals surface area contributed by atoms with Gasteiger partial charge in [0.05, 0.1) is 23.3 Å². The first-order chi connectivity index (χ1) is 20.0. The SMILES string of the molecule is Cc1ccc(CCn2cnc3cc(NC(=N[C@H]4C[C@H]5C[C@@H]([C@@H]4C)C5(C)C)N4C[C@@H](C)N[C@@H](C)C4)ccc3c2=O)c(F)c1. The van der Waals surface area contributed by atoms with E-state index in [9.17, 15) is 9.18 Å². The van der Waals surface area contributed by atoms with Gasteiger partial charge in [0, 0.05) is 37.4 Å². The zero-order valence-corrected chi connectivity index (χ0v) is 25.8. The lowest BCUT2D eigenvalue weighted by Crippen LogP contribution is -2.59. The van der Waals surface area contributed by atoms with E-state index in [0.717, 1.165) is 48.6 Å². The molecule has 0 amide bonds. The van der Waals surface area contributed by atoms with Crippen LogP contribution in [0.3, 0.4) is 0 Å². The van der Waals surface area contributed by atoms with E-state index in [1.165, 1.54) is 12.5 Å². The summed E-state index contributed by atoms with van der Waals surface area (Å²) in [5, 5.41) is 7.84. The van der Waals surface area contributed by atoms with Gasteiger partial charge in [0.2, 0.25) is 0 Å². The van der Waals surface area contributed by atoms with Crippen molar-refractivity contribution in [1.82, 2.24) is 19.8 Å². The van der Waals surface area contributed by atoms with Gasteiger partial charge in [-0.15, -0.1) is 0 Å². The number of nitrogens with one attached hydrogen (secondary N) is 2. The Hall–Kier alpha value is -3.26. The maximum Gasteiger partial charge on any atom is 0.261 e. The Morgan fingerprint density at radius 1 is 1.12 bits per heavy atom. The van der Waals surface area contributed by atoms with Gasteiger partial charge in [0.15, 0.2) is 5.96 Å². The van der Waals surface area contributed by atoms with Crippen LogP contribution in [0, 0.1) is 35.9 Å². The van der Waals surface area contributed by atoms with Gasteiger partial charge in [0.1, 0.15) is 5.82 Å². The molecule has 3 aliphatic carbocycles. The second kappa shape index (κ2) is 11.1. The quantitative estimate of drug-likeness (QED) is 0.307. The number of nitrogens with zero attached hydrogens (tertiary/aromatic N) is 4. The van der Waals surface area contributed by atoms with Crippen LogP contribution in [-0.4, -0.2) is 51.6 Å². The molecule has 2 bridgehead atoms. The summed E-state index contributed by atoms with van der Waals surface area (Å²) in [5.74, 6) is 2.69. The molecule has 0 unspecified atom stereocenters. The molecular weight excluding hydrogens is 527 g/mol. The molecule has 3 aromatic rings. The van der Waals surface area contributed by atoms with Crippen molar-refractivity contribution in [2.45, 2.75) is 85.5 Å². The third kappa shape index (κ3) is 5.46. The van der Waals surface area contributed by atoms with Gasteiger partial charge in [-0.05, 0) is 98.6 Å². The molecule has 1 aromatic heterocycles. The number of piperazine rings is 1. The maximum atomic E-state index is 14.3. The topological polar surface area (TPSA) is 74.6 Å². The van der Waals surface area contributed by atoms with Crippen molar-refractivity contribution >= 4 is 22.5 Å². The third-order valence-electron chi connectivity index (χ3n) is 10.4. The summed E-state index contributed by atoms with van der Waals surface area (Å²) in [6.45, 7) is 15.7. The van der Waals surface area contributed by atoms with E-state index in [-0.39, 0.29) is 11.4 Å². The summed E-state index contributed by atoms with van der Waals surface area (Å²) in [7, 11) is 0. The van der Waals surface area contributed by atoms with Crippen molar-refractivity contribution in [1.29, 1.82) is 0 Å². The smallest absolute Gasteiger partial charge is 0.261 e. The van der Waals surface area contributed by atoms with Gasteiger partial charge in [-0.25, -0.2) is 14.4 Å². The van der Waals surface area contributed by atoms with Gasteiger partial charge in [-0.1, -0.05) is 32.9 Å². The predicted octanol–water partition coefficient (Wildman–Crippen LogP) is 5.61. The average Bonchev–Trinajstić information content (AvgIpc) is 2.93. The van der Waals surface area contributed by atoms with E-state index in [0.29, 0.717) is 58.9 Å². The molecule has 1 saturated heterocycles. The molecule has 1 aliphatic heterocycles. The van der Waals surface area contributed by atoms with Crippen LogP contribution in [0.25, 0.3) is 10.9 Å². The first kappa shape index (κ1) is 28.8. The molecular formula is C34H45FN6O. The molecule has 7 rings (SSSR count). The van der Waals surface area contributed by atoms with Crippen molar-refractivity contribution in [3.8, 4) is 0 Å². The second-order valence-corrected chi connectivity index (χ2v) is 13.8. The van der Waals surface area contributed by atoms with Gasteiger partial charge < -0.3 is 15.5 Å². The van der Waals surface area contributed by atoms with Crippen molar-refractivity contribution in [2.24, 2.45) is 28.2 Å². The number of guanidine groups is 1. The third-order valence-corrected chi connectivity index (χ3v) is 10.4. The van der Waals surface area contributed by atoms with Gasteiger partial charge in [0.25, 0.3) is 5.56 Å². The van der Waals surface area contributed by atoms with Crippen LogP contribution in [0.1, 0.15) is 58.6 Å². The van der Waals surface area contributed by atoms with Crippen molar-refractivity contribution in [2.75, 3.05) is 18.4 Å². The van der Waals surface area contributed by atoms with Crippen LogP contribution < -0.4 is 16.2 Å². The molecule has 0 radical (unpaired) electrons. The number of aryl methyl sites for hydroxylation is 3. The molecule has 2 N–H and O–H groups in total. The summed E-state index contributed by atoms with van der Waals surface area (Å²) in [6.07, 6.45) is 4.47. The summed E-state index contributed by atoms with van der Waals surface area (Å²) >= 11 is 0. The standard InChI is InChI=1S/C34H45FN6O/c1-20-7-8-24(29(35)13-20)11-12-40-19-36-31-16-26(9-10-27(31)32(40)42)38-33(41-17-21(2)37-22(3)18-41)39-30-15-25-14-28(23(30)4)34(25,5)6/h7-10,13,16,19,21-23,25,28,30,37H,11-12,14-15,17-18H2,1-6H3,(H,38,39)/t21-,22+,23-,25+,28-,30-/m0/s1. The van der Waals surface area contributed by atoms with Crippen LogP contribution in [0.2, 0.25) is 0 Å². The Labute approximate surface area is 248 Å². The Balaban J connectivity index is 1.24. The highest BCUT2D eigenvalue weighted by atomic mass is 19.1. The first-order valence-electron chi connectivity index (χ1n) is 15.6. The molecule has 42 heavy (non-hydrogen) atoms. The number of hydrogen-bond donors (Lipinski definition) is 2. The monoisotopic (exact) mass is 572 g/mol. The molecule has 3 saturated carbocycles. The van der Waals surface area contributed by atoms with Gasteiger partial charge in [-0.2, -0.15) is 0 Å². The fraction of sp³-hybridized carbons (Fsp3) is 0.559. The lowest BCUT2D eigenvalue weighted by atomic mass is 9.45. The van der Waals surface area contributed by atoms with Crippen LogP contribution in [-0.2, 0) is 13.0 Å². The first-order valence-corrected chi connectivity index (χ1v) is 15.6. The van der Waals surface area contributed by atoms with Gasteiger partial charge in [-0.3, -0.25) is 9.36 Å². The second-order valence-electron chi connectivity index (χ2n) is 13.8. The lowest BCUT2D eigenvalue weighted by molar-refractivity contribution is -0.108. The highest BCUT2D eigenvalue weighted by molar-refractivity contribution is 5.96. The Morgan fingerprint density at radius 2 is 1.88 bits per heavy atom. The summed E-state index contributed by atoms with van der Waals surface area (Å²) in [6, 6.07) is 12.0. The molecule has 2 aromatic carbocycles. The number of rotatable bonds is 5. The van der Waals surface area contributed by atoms with Crippen LogP contribution in [0.4, 0.5) is 10.1 Å². The molecule has 8 heteroatoms. The highest BCUT2D eigenvalue weighted by Crippen LogP contribution is 2.61. The maximum absolute atomic E-state index is 14.3. The molecule has 2 heterocycles. The summed E-state index contributed by atoms with van der Waals surface area (Å²) < 4.78 is 15.9. The predicted molar refractivity (Wildman–Crippen MR) is 168 cm³/mol. The minimum absolute atomic E-state index is 0.115. The zero-order valence-electron chi connectivity index (χ0n) is 25.8. The molecule has 6 atom stereocenters. The molecule has 0 spiro atoms. The number of hydrogen-bond acceptors (Lipinski definition) is 4. The summed E-state index contributed by atoms with van der Waals surface area (Å²) in [4.78, 5) is 25.7. The summed E-state index contributed by atoms with van der Waals surface area (Å²) in [5.41, 5.74) is 3.30.